The number of nitrogens with zero attached hydrogens (tertiary/aromatic N) is 4. The Bertz CT molecular complexity index is 899. The van der Waals surface area contributed by atoms with Gasteiger partial charge in [0.2, 0.25) is 11.8 Å². The van der Waals surface area contributed by atoms with Crippen LogP contribution in [0.3, 0.4) is 0 Å². The third kappa shape index (κ3) is 4.81. The van der Waals surface area contributed by atoms with Crippen molar-refractivity contribution in [3.63, 3.8) is 0 Å². The van der Waals surface area contributed by atoms with E-state index in [1.807, 2.05) is 38.6 Å². The van der Waals surface area contributed by atoms with E-state index in [0.29, 0.717) is 43.9 Å². The lowest BCUT2D eigenvalue weighted by atomic mass is 9.92. The number of amides is 2. The van der Waals surface area contributed by atoms with E-state index in [1.165, 1.54) is 18.2 Å². The number of piperidine rings is 1. The number of thioether (sulfide) groups is 1. The highest BCUT2D eigenvalue weighted by atomic mass is 32.2. The molecule has 162 valence electrons. The topological polar surface area (TPSA) is 67.7 Å². The predicted molar refractivity (Wildman–Crippen MR) is 117 cm³/mol. The number of aromatic nitrogens is 2. The molecule has 2 atom stereocenters. The van der Waals surface area contributed by atoms with Gasteiger partial charge in [0.25, 0.3) is 0 Å². The highest BCUT2D eigenvalue weighted by Gasteiger charge is 2.26. The first-order chi connectivity index (χ1) is 14.5. The number of rotatable bonds is 5. The summed E-state index contributed by atoms with van der Waals surface area (Å²) in [6.07, 6.45) is 1.18. The average molecular weight is 431 g/mol. The summed E-state index contributed by atoms with van der Waals surface area (Å²) in [4.78, 5) is 34.2. The molecule has 30 heavy (non-hydrogen) atoms. The van der Waals surface area contributed by atoms with Gasteiger partial charge in [0.1, 0.15) is 6.54 Å². The maximum atomic E-state index is 12.9. The van der Waals surface area contributed by atoms with Gasteiger partial charge in [-0.15, -0.1) is 0 Å². The summed E-state index contributed by atoms with van der Waals surface area (Å²) in [7, 11) is 0. The molecule has 0 aliphatic carbocycles. The number of hydrogen-bond acceptors (Lipinski definition) is 5. The Kier molecular flexibility index (Phi) is 6.63. The fourth-order valence-corrected chi connectivity index (χ4v) is 5.37. The largest absolute Gasteiger partial charge is 0.378 e. The zero-order valence-corrected chi connectivity index (χ0v) is 18.6. The van der Waals surface area contributed by atoms with Crippen molar-refractivity contribution >= 4 is 34.6 Å². The first-order valence-electron chi connectivity index (χ1n) is 10.7. The maximum Gasteiger partial charge on any atom is 0.242 e. The van der Waals surface area contributed by atoms with Crippen LogP contribution in [0.4, 0.5) is 0 Å². The van der Waals surface area contributed by atoms with Crippen molar-refractivity contribution in [3.05, 3.63) is 24.3 Å². The molecule has 7 nitrogen and oxygen atoms in total. The number of morpholine rings is 1. The van der Waals surface area contributed by atoms with Crippen LogP contribution in [0.25, 0.3) is 11.0 Å². The molecule has 4 rings (SSSR count). The summed E-state index contributed by atoms with van der Waals surface area (Å²) in [6, 6.07) is 7.83. The molecule has 0 saturated carbocycles. The van der Waals surface area contributed by atoms with Crippen LogP contribution in [0.15, 0.2) is 29.4 Å². The van der Waals surface area contributed by atoms with Crippen LogP contribution in [0.5, 0.6) is 0 Å². The third-order valence-corrected chi connectivity index (χ3v) is 6.78. The maximum absolute atomic E-state index is 12.9. The smallest absolute Gasteiger partial charge is 0.242 e. The number of fused-ring (bicyclic) bond motifs is 1. The molecule has 1 aromatic carbocycles. The van der Waals surface area contributed by atoms with Crippen LogP contribution in [-0.2, 0) is 20.9 Å². The van der Waals surface area contributed by atoms with E-state index in [9.17, 15) is 9.59 Å². The van der Waals surface area contributed by atoms with E-state index >= 15 is 0 Å². The molecule has 0 spiro atoms. The van der Waals surface area contributed by atoms with Gasteiger partial charge in [-0.25, -0.2) is 4.98 Å². The van der Waals surface area contributed by atoms with Crippen molar-refractivity contribution < 1.29 is 14.3 Å². The Labute approximate surface area is 181 Å². The number of hydrogen-bond donors (Lipinski definition) is 0. The van der Waals surface area contributed by atoms with Gasteiger partial charge in [-0.1, -0.05) is 37.7 Å². The third-order valence-electron chi connectivity index (χ3n) is 5.82. The van der Waals surface area contributed by atoms with E-state index in [-0.39, 0.29) is 18.4 Å². The minimum atomic E-state index is 0.0632. The van der Waals surface area contributed by atoms with Gasteiger partial charge < -0.3 is 19.1 Å². The normalized spacial score (nSPS) is 22.5. The molecule has 1 aromatic heterocycles. The van der Waals surface area contributed by atoms with Crippen molar-refractivity contribution in [2.45, 2.75) is 32.0 Å². The van der Waals surface area contributed by atoms with E-state index in [0.717, 1.165) is 29.3 Å². The molecule has 2 amide bonds. The molecular formula is C22H30N4O3S. The summed E-state index contributed by atoms with van der Waals surface area (Å²) in [5.74, 6) is 1.63. The van der Waals surface area contributed by atoms with Crippen molar-refractivity contribution in [1.82, 2.24) is 19.4 Å². The van der Waals surface area contributed by atoms with E-state index in [4.69, 9.17) is 9.72 Å². The second-order valence-electron chi connectivity index (χ2n) is 8.50. The second kappa shape index (κ2) is 9.39. The van der Waals surface area contributed by atoms with Gasteiger partial charge >= 0.3 is 0 Å². The lowest BCUT2D eigenvalue weighted by molar-refractivity contribution is -0.136. The van der Waals surface area contributed by atoms with Crippen LogP contribution in [-0.4, -0.2) is 76.3 Å². The minimum Gasteiger partial charge on any atom is -0.378 e. The number of ether oxygens (including phenoxy) is 1. The van der Waals surface area contributed by atoms with Crippen LogP contribution in [0, 0.1) is 11.8 Å². The van der Waals surface area contributed by atoms with Crippen LogP contribution in [0.2, 0.25) is 0 Å². The Morgan fingerprint density at radius 1 is 1.07 bits per heavy atom. The SMILES string of the molecule is C[C@H]1C[C@H](C)CN(C(=O)CSc2nc3ccccc3n2CC(=O)N2CCOCC2)C1. The molecule has 2 saturated heterocycles. The van der Waals surface area contributed by atoms with E-state index in [2.05, 4.69) is 13.8 Å². The molecule has 2 aliphatic heterocycles. The van der Waals surface area contributed by atoms with Crippen molar-refractivity contribution in [1.29, 1.82) is 0 Å². The fourth-order valence-electron chi connectivity index (χ4n) is 4.45. The molecule has 0 radical (unpaired) electrons. The number of carbonyl (C=O) groups is 2. The van der Waals surface area contributed by atoms with Gasteiger partial charge in [0, 0.05) is 26.2 Å². The van der Waals surface area contributed by atoms with Gasteiger partial charge in [-0.05, 0) is 30.4 Å². The molecule has 8 heteroatoms. The first-order valence-corrected chi connectivity index (χ1v) is 11.7. The summed E-state index contributed by atoms with van der Waals surface area (Å²) >= 11 is 1.43. The summed E-state index contributed by atoms with van der Waals surface area (Å²) in [6.45, 7) is 8.72. The van der Waals surface area contributed by atoms with Gasteiger partial charge in [-0.3, -0.25) is 9.59 Å². The Balaban J connectivity index is 1.48. The molecule has 2 fully saturated rings. The number of imidazole rings is 1. The van der Waals surface area contributed by atoms with Gasteiger partial charge in [-0.2, -0.15) is 0 Å². The quantitative estimate of drug-likeness (QED) is 0.682. The Hall–Kier alpha value is -2.06. The summed E-state index contributed by atoms with van der Waals surface area (Å²) in [5, 5.41) is 0.726. The van der Waals surface area contributed by atoms with Crippen LogP contribution >= 0.6 is 11.8 Å². The molecular weight excluding hydrogens is 400 g/mol. The molecule has 3 heterocycles. The Morgan fingerprint density at radius 2 is 1.77 bits per heavy atom. The summed E-state index contributed by atoms with van der Waals surface area (Å²) in [5.41, 5.74) is 1.77. The standard InChI is InChI=1S/C22H30N4O3S/c1-16-11-17(2)13-25(12-16)21(28)15-30-22-23-18-5-3-4-6-19(18)26(22)14-20(27)24-7-9-29-10-8-24/h3-6,16-17H,7-15H2,1-2H3/t16-,17-/m0/s1. The predicted octanol–water partition coefficient (Wildman–Crippen LogP) is 2.49. The van der Waals surface area contributed by atoms with Gasteiger partial charge in [0.15, 0.2) is 5.16 Å². The fraction of sp³-hybridized carbons (Fsp3) is 0.591. The lowest BCUT2D eigenvalue weighted by Gasteiger charge is -2.35. The zero-order valence-electron chi connectivity index (χ0n) is 17.7. The number of para-hydroxylation sites is 2. The second-order valence-corrected chi connectivity index (χ2v) is 9.44. The van der Waals surface area contributed by atoms with Crippen molar-refractivity contribution in [2.75, 3.05) is 45.1 Å². The summed E-state index contributed by atoms with van der Waals surface area (Å²) < 4.78 is 7.31. The van der Waals surface area contributed by atoms with Gasteiger partial charge in [0.05, 0.1) is 30.0 Å². The van der Waals surface area contributed by atoms with Crippen molar-refractivity contribution in [3.8, 4) is 0 Å². The van der Waals surface area contributed by atoms with Crippen LogP contribution in [0.1, 0.15) is 20.3 Å². The number of likely N-dealkylation sites (tertiary alicyclic amines) is 1. The molecule has 0 bridgehead atoms. The van der Waals surface area contributed by atoms with Crippen LogP contribution < -0.4 is 0 Å². The minimum absolute atomic E-state index is 0.0632. The van der Waals surface area contributed by atoms with E-state index < -0.39 is 0 Å². The average Bonchev–Trinajstić information content (AvgIpc) is 3.09. The molecule has 2 aliphatic rings. The zero-order chi connectivity index (χ0) is 21.1. The first kappa shape index (κ1) is 21.2. The molecule has 0 N–H and O–H groups in total. The highest BCUT2D eigenvalue weighted by Crippen LogP contribution is 2.26. The number of benzene rings is 1. The molecule has 0 unspecified atom stereocenters. The lowest BCUT2D eigenvalue weighted by Crippen LogP contribution is -2.43. The Morgan fingerprint density at radius 3 is 2.50 bits per heavy atom. The van der Waals surface area contributed by atoms with Crippen molar-refractivity contribution in [2.24, 2.45) is 11.8 Å². The monoisotopic (exact) mass is 430 g/mol. The number of carbonyl (C=O) groups excluding carboxylic acids is 2. The highest BCUT2D eigenvalue weighted by molar-refractivity contribution is 7.99. The van der Waals surface area contributed by atoms with E-state index in [1.54, 1.807) is 0 Å². The molecule has 2 aromatic rings.